The molecule has 2 aromatic rings. The normalized spacial score (nSPS) is 16.5. The molecular formula is C22H34N6O. The van der Waals surface area contributed by atoms with E-state index >= 15 is 0 Å². The van der Waals surface area contributed by atoms with Crippen molar-refractivity contribution < 1.29 is 4.74 Å². The number of aromatic nitrogens is 3. The van der Waals surface area contributed by atoms with Crippen LogP contribution in [-0.2, 0) is 30.7 Å². The third-order valence-corrected chi connectivity index (χ3v) is 5.10. The molecule has 1 unspecified atom stereocenters. The Morgan fingerprint density at radius 2 is 2.10 bits per heavy atom. The summed E-state index contributed by atoms with van der Waals surface area (Å²) >= 11 is 0. The second kappa shape index (κ2) is 11.6. The van der Waals surface area contributed by atoms with Crippen molar-refractivity contribution in [3.8, 4) is 0 Å². The first kappa shape index (κ1) is 21.3. The maximum Gasteiger partial charge on any atom is 0.191 e. The van der Waals surface area contributed by atoms with E-state index in [0.29, 0.717) is 12.6 Å². The van der Waals surface area contributed by atoms with E-state index in [4.69, 9.17) is 9.73 Å². The van der Waals surface area contributed by atoms with E-state index in [-0.39, 0.29) is 0 Å². The van der Waals surface area contributed by atoms with Crippen LogP contribution in [0.4, 0.5) is 0 Å². The fourth-order valence-electron chi connectivity index (χ4n) is 3.64. The molecule has 158 valence electrons. The van der Waals surface area contributed by atoms with Crippen molar-refractivity contribution in [1.29, 1.82) is 0 Å². The van der Waals surface area contributed by atoms with Crippen molar-refractivity contribution in [1.82, 2.24) is 25.4 Å². The first-order chi connectivity index (χ1) is 14.3. The Hall–Kier alpha value is -2.41. The van der Waals surface area contributed by atoms with Gasteiger partial charge < -0.3 is 15.4 Å². The quantitative estimate of drug-likeness (QED) is 0.366. The summed E-state index contributed by atoms with van der Waals surface area (Å²) in [6.07, 6.45) is 6.63. The molecule has 0 amide bonds. The summed E-state index contributed by atoms with van der Waals surface area (Å²) in [7, 11) is 1.67. The number of fused-ring (bicyclic) bond motifs is 1. The van der Waals surface area contributed by atoms with Gasteiger partial charge in [0, 0.05) is 32.7 Å². The van der Waals surface area contributed by atoms with Gasteiger partial charge in [-0.05, 0) is 38.2 Å². The number of ether oxygens (including phenoxy) is 1. The van der Waals surface area contributed by atoms with Gasteiger partial charge in [-0.1, -0.05) is 36.8 Å². The summed E-state index contributed by atoms with van der Waals surface area (Å²) in [5, 5.41) is 11.5. The number of aryl methyl sites for hydroxylation is 2. The maximum absolute atomic E-state index is 5.14. The summed E-state index contributed by atoms with van der Waals surface area (Å²) in [4.78, 5) is 9.32. The highest BCUT2D eigenvalue weighted by atomic mass is 16.5. The number of hydrogen-bond donors (Lipinski definition) is 2. The van der Waals surface area contributed by atoms with Gasteiger partial charge in [0.15, 0.2) is 11.8 Å². The van der Waals surface area contributed by atoms with E-state index in [1.54, 1.807) is 7.11 Å². The molecule has 0 saturated heterocycles. The molecule has 1 aromatic heterocycles. The van der Waals surface area contributed by atoms with Gasteiger partial charge in [-0.2, -0.15) is 5.10 Å². The lowest BCUT2D eigenvalue weighted by Crippen LogP contribution is -2.47. The van der Waals surface area contributed by atoms with Crippen LogP contribution >= 0.6 is 0 Å². The van der Waals surface area contributed by atoms with Crippen molar-refractivity contribution in [3.05, 3.63) is 47.5 Å². The molecule has 1 aliphatic rings. The lowest BCUT2D eigenvalue weighted by Gasteiger charge is -2.25. The number of nitrogens with one attached hydrogen (secondary N) is 2. The van der Waals surface area contributed by atoms with Crippen LogP contribution in [0, 0.1) is 0 Å². The number of methoxy groups -OCH3 is 1. The van der Waals surface area contributed by atoms with Crippen molar-refractivity contribution in [2.75, 3.05) is 20.2 Å². The van der Waals surface area contributed by atoms with Gasteiger partial charge in [0.05, 0.1) is 6.54 Å². The summed E-state index contributed by atoms with van der Waals surface area (Å²) in [5.41, 5.74) is 1.42. The van der Waals surface area contributed by atoms with Crippen LogP contribution in [0.15, 0.2) is 35.3 Å². The molecule has 0 bridgehead atoms. The number of rotatable bonds is 10. The third kappa shape index (κ3) is 6.85. The number of guanidine groups is 1. The van der Waals surface area contributed by atoms with Crippen molar-refractivity contribution in [2.45, 2.75) is 64.6 Å². The van der Waals surface area contributed by atoms with E-state index in [0.717, 1.165) is 62.9 Å². The zero-order valence-corrected chi connectivity index (χ0v) is 17.7. The first-order valence-electron chi connectivity index (χ1n) is 10.8. The van der Waals surface area contributed by atoms with Gasteiger partial charge in [-0.25, -0.2) is 9.67 Å². The minimum atomic E-state index is 0.315. The highest BCUT2D eigenvalue weighted by molar-refractivity contribution is 5.80. The van der Waals surface area contributed by atoms with Crippen LogP contribution in [0.25, 0.3) is 0 Å². The predicted molar refractivity (Wildman–Crippen MR) is 116 cm³/mol. The average molecular weight is 399 g/mol. The van der Waals surface area contributed by atoms with Crippen LogP contribution in [0.2, 0.25) is 0 Å². The monoisotopic (exact) mass is 398 g/mol. The molecule has 7 nitrogen and oxygen atoms in total. The molecular weight excluding hydrogens is 364 g/mol. The van der Waals surface area contributed by atoms with Crippen molar-refractivity contribution in [2.24, 2.45) is 4.99 Å². The molecule has 1 atom stereocenters. The second-order valence-corrected chi connectivity index (χ2v) is 7.50. The Bertz CT molecular complexity index is 758. The summed E-state index contributed by atoms with van der Waals surface area (Å²) in [6.45, 7) is 5.09. The minimum Gasteiger partial charge on any atom is -0.377 e. The Labute approximate surface area is 174 Å². The Morgan fingerprint density at radius 1 is 1.24 bits per heavy atom. The average Bonchev–Trinajstić information content (AvgIpc) is 3.13. The topological polar surface area (TPSA) is 76.4 Å². The zero-order chi connectivity index (χ0) is 20.3. The van der Waals surface area contributed by atoms with Gasteiger partial charge in [-0.3, -0.25) is 4.99 Å². The summed E-state index contributed by atoms with van der Waals surface area (Å²) in [5.74, 6) is 2.72. The van der Waals surface area contributed by atoms with Crippen molar-refractivity contribution >= 4 is 5.96 Å². The molecule has 2 N–H and O–H groups in total. The van der Waals surface area contributed by atoms with Gasteiger partial charge in [0.1, 0.15) is 12.4 Å². The molecule has 1 aromatic carbocycles. The largest absolute Gasteiger partial charge is 0.377 e. The molecule has 0 aliphatic carbocycles. The van der Waals surface area contributed by atoms with Crippen LogP contribution in [0.5, 0.6) is 0 Å². The molecule has 7 heteroatoms. The van der Waals surface area contributed by atoms with Crippen molar-refractivity contribution in [3.63, 3.8) is 0 Å². The van der Waals surface area contributed by atoms with Gasteiger partial charge in [0.2, 0.25) is 0 Å². The Morgan fingerprint density at radius 3 is 2.90 bits per heavy atom. The third-order valence-electron chi connectivity index (χ3n) is 5.10. The lowest BCUT2D eigenvalue weighted by atomic mass is 10.1. The molecule has 0 fully saturated rings. The molecule has 0 spiro atoms. The van der Waals surface area contributed by atoms with Crippen LogP contribution in [-0.4, -0.2) is 47.0 Å². The van der Waals surface area contributed by atoms with E-state index in [9.17, 15) is 0 Å². The molecule has 2 heterocycles. The van der Waals surface area contributed by atoms with E-state index in [1.807, 2.05) is 4.68 Å². The molecule has 0 saturated carbocycles. The highest BCUT2D eigenvalue weighted by Crippen LogP contribution is 2.13. The zero-order valence-electron chi connectivity index (χ0n) is 17.7. The fourth-order valence-corrected chi connectivity index (χ4v) is 3.64. The predicted octanol–water partition coefficient (Wildman–Crippen LogP) is 2.71. The first-order valence-corrected chi connectivity index (χ1v) is 10.8. The van der Waals surface area contributed by atoms with Gasteiger partial charge in [-0.15, -0.1) is 0 Å². The number of unbranched alkanes of at least 4 members (excludes halogenated alkanes) is 2. The van der Waals surface area contributed by atoms with Crippen LogP contribution < -0.4 is 10.6 Å². The summed E-state index contributed by atoms with van der Waals surface area (Å²) < 4.78 is 7.15. The van der Waals surface area contributed by atoms with Crippen LogP contribution in [0.1, 0.15) is 49.8 Å². The smallest absolute Gasteiger partial charge is 0.191 e. The number of aliphatic imine (C=N–C) groups is 1. The van der Waals surface area contributed by atoms with Crippen LogP contribution in [0.3, 0.4) is 0 Å². The lowest BCUT2D eigenvalue weighted by molar-refractivity contribution is 0.177. The van der Waals surface area contributed by atoms with Gasteiger partial charge >= 0.3 is 0 Å². The van der Waals surface area contributed by atoms with Gasteiger partial charge in [0.25, 0.3) is 0 Å². The number of nitrogens with zero attached hydrogens (tertiary/aromatic N) is 4. The van der Waals surface area contributed by atoms with E-state index in [2.05, 4.69) is 58.0 Å². The fraction of sp³-hybridized carbons (Fsp3) is 0.591. The summed E-state index contributed by atoms with van der Waals surface area (Å²) in [6, 6.07) is 11.0. The number of hydrogen-bond acceptors (Lipinski definition) is 4. The second-order valence-electron chi connectivity index (χ2n) is 7.50. The molecule has 3 rings (SSSR count). The standard InChI is InChI=1S/C22H34N6O/c1-3-23-22(24-15-9-5-8-12-18-10-6-4-7-11-18)25-19-13-14-21-26-20(17-29-2)27-28(21)16-19/h4,6-7,10-11,19H,3,5,8-9,12-17H2,1-2H3,(H2,23,24,25). The molecule has 0 radical (unpaired) electrons. The van der Waals surface area contributed by atoms with E-state index in [1.165, 1.54) is 18.4 Å². The Kier molecular flexibility index (Phi) is 8.49. The molecule has 1 aliphatic heterocycles. The Balaban J connectivity index is 1.41. The molecule has 29 heavy (non-hydrogen) atoms. The maximum atomic E-state index is 5.14. The highest BCUT2D eigenvalue weighted by Gasteiger charge is 2.22. The minimum absolute atomic E-state index is 0.315. The number of benzene rings is 1. The van der Waals surface area contributed by atoms with E-state index < -0.39 is 0 Å². The SMILES string of the molecule is CCNC(=NCCCCCc1ccccc1)NC1CCc2nc(COC)nn2C1.